The number of terminal acetylenes is 1. The molecule has 0 aliphatic rings. The predicted octanol–water partition coefficient (Wildman–Crippen LogP) is 0.304. The van der Waals surface area contributed by atoms with Crippen LogP contribution in [-0.4, -0.2) is 44.7 Å². The van der Waals surface area contributed by atoms with E-state index in [-0.39, 0.29) is 31.3 Å². The zero-order valence-electron chi connectivity index (χ0n) is 15.4. The van der Waals surface area contributed by atoms with E-state index in [2.05, 4.69) is 31.6 Å². The summed E-state index contributed by atoms with van der Waals surface area (Å²) >= 11 is 0. The fourth-order valence-electron chi connectivity index (χ4n) is 2.54. The van der Waals surface area contributed by atoms with Crippen LogP contribution in [0.3, 0.4) is 0 Å². The van der Waals surface area contributed by atoms with Crippen LogP contribution in [0.4, 0.5) is 0 Å². The highest BCUT2D eigenvalue weighted by Gasteiger charge is 2.18. The fourth-order valence-corrected chi connectivity index (χ4v) is 2.54. The summed E-state index contributed by atoms with van der Waals surface area (Å²) in [6.45, 7) is 7.49. The van der Waals surface area contributed by atoms with Gasteiger partial charge in [-0.05, 0) is 33.8 Å². The normalized spacial score (nSPS) is 10.3. The van der Waals surface area contributed by atoms with Crippen LogP contribution < -0.4 is 10.6 Å². The van der Waals surface area contributed by atoms with E-state index in [1.165, 1.54) is 0 Å². The Labute approximate surface area is 152 Å². The van der Waals surface area contributed by atoms with Gasteiger partial charge in [-0.2, -0.15) is 5.10 Å². The third-order valence-electron chi connectivity index (χ3n) is 3.77. The molecule has 2 aromatic rings. The Morgan fingerprint density at radius 3 is 2.38 bits per heavy atom. The van der Waals surface area contributed by atoms with Crippen molar-refractivity contribution in [3.05, 3.63) is 34.4 Å². The van der Waals surface area contributed by atoms with E-state index in [0.717, 1.165) is 28.3 Å². The standard InChI is InChI=1S/C18H22N6O2/c1-6-7-19-17(26)10-20-16(25)9-15-13(4)23-24(14(15)5)18-21-11(2)8-12(3)22-18/h1,8H,7,9-10H2,2-5H3,(H,19,26)(H,20,25). The van der Waals surface area contributed by atoms with Gasteiger partial charge in [0.15, 0.2) is 0 Å². The lowest BCUT2D eigenvalue weighted by atomic mass is 10.1. The first-order valence-electron chi connectivity index (χ1n) is 8.16. The van der Waals surface area contributed by atoms with Gasteiger partial charge in [0.25, 0.3) is 5.95 Å². The summed E-state index contributed by atoms with van der Waals surface area (Å²) in [7, 11) is 0. The van der Waals surface area contributed by atoms with Gasteiger partial charge in [0, 0.05) is 22.6 Å². The molecule has 2 aromatic heterocycles. The Morgan fingerprint density at radius 2 is 1.77 bits per heavy atom. The van der Waals surface area contributed by atoms with Crippen LogP contribution >= 0.6 is 0 Å². The van der Waals surface area contributed by atoms with Gasteiger partial charge in [0.1, 0.15) is 0 Å². The summed E-state index contributed by atoms with van der Waals surface area (Å²) in [5, 5.41) is 9.52. The van der Waals surface area contributed by atoms with Gasteiger partial charge in [-0.15, -0.1) is 6.42 Å². The van der Waals surface area contributed by atoms with E-state index in [4.69, 9.17) is 6.42 Å². The minimum absolute atomic E-state index is 0.116. The number of rotatable bonds is 6. The van der Waals surface area contributed by atoms with Crippen LogP contribution in [0.15, 0.2) is 6.07 Å². The number of hydrogen-bond donors (Lipinski definition) is 2. The molecule has 0 aliphatic carbocycles. The molecule has 2 N–H and O–H groups in total. The number of nitrogens with zero attached hydrogens (tertiary/aromatic N) is 4. The second-order valence-electron chi connectivity index (χ2n) is 5.95. The Balaban J connectivity index is 2.11. The second-order valence-corrected chi connectivity index (χ2v) is 5.95. The second kappa shape index (κ2) is 8.25. The summed E-state index contributed by atoms with van der Waals surface area (Å²) in [6, 6.07) is 1.88. The van der Waals surface area contributed by atoms with Crippen molar-refractivity contribution >= 4 is 11.8 Å². The van der Waals surface area contributed by atoms with E-state index in [1.54, 1.807) is 4.68 Å². The van der Waals surface area contributed by atoms with Gasteiger partial charge in [-0.3, -0.25) is 9.59 Å². The van der Waals surface area contributed by atoms with Gasteiger partial charge >= 0.3 is 0 Å². The number of hydrogen-bond acceptors (Lipinski definition) is 5. The number of aryl methyl sites for hydroxylation is 3. The topological polar surface area (TPSA) is 102 Å². The molecule has 136 valence electrons. The number of amides is 2. The first-order valence-corrected chi connectivity index (χ1v) is 8.16. The molecule has 0 aliphatic heterocycles. The minimum atomic E-state index is -0.330. The Hall–Kier alpha value is -3.21. The zero-order valence-corrected chi connectivity index (χ0v) is 15.4. The quantitative estimate of drug-likeness (QED) is 0.727. The van der Waals surface area contributed by atoms with E-state index < -0.39 is 0 Å². The van der Waals surface area contributed by atoms with Crippen molar-refractivity contribution in [1.29, 1.82) is 0 Å². The summed E-state index contributed by atoms with van der Waals surface area (Å²) in [5.41, 5.74) is 3.99. The molecule has 0 saturated carbocycles. The van der Waals surface area contributed by atoms with E-state index in [1.807, 2.05) is 33.8 Å². The van der Waals surface area contributed by atoms with Crippen LogP contribution in [0.2, 0.25) is 0 Å². The van der Waals surface area contributed by atoms with Crippen molar-refractivity contribution in [2.45, 2.75) is 34.1 Å². The maximum absolute atomic E-state index is 12.1. The highest BCUT2D eigenvalue weighted by atomic mass is 16.2. The van der Waals surface area contributed by atoms with Crippen molar-refractivity contribution in [2.24, 2.45) is 0 Å². The van der Waals surface area contributed by atoms with Crippen LogP contribution in [0, 0.1) is 40.0 Å². The minimum Gasteiger partial charge on any atom is -0.347 e. The van der Waals surface area contributed by atoms with Crippen molar-refractivity contribution in [2.75, 3.05) is 13.1 Å². The number of carbonyl (C=O) groups excluding carboxylic acids is 2. The molecule has 0 bridgehead atoms. The fraction of sp³-hybridized carbons (Fsp3) is 0.389. The smallest absolute Gasteiger partial charge is 0.251 e. The van der Waals surface area contributed by atoms with E-state index >= 15 is 0 Å². The molecule has 2 amide bonds. The van der Waals surface area contributed by atoms with Gasteiger partial charge < -0.3 is 10.6 Å². The van der Waals surface area contributed by atoms with Gasteiger partial charge in [0.2, 0.25) is 11.8 Å². The lowest BCUT2D eigenvalue weighted by Crippen LogP contribution is -2.37. The monoisotopic (exact) mass is 354 g/mol. The third kappa shape index (κ3) is 4.66. The molecule has 2 heterocycles. The van der Waals surface area contributed by atoms with Crippen LogP contribution in [0.5, 0.6) is 0 Å². The molecule has 0 aromatic carbocycles. The average Bonchev–Trinajstić information content (AvgIpc) is 2.85. The Bertz CT molecular complexity index is 858. The molecule has 26 heavy (non-hydrogen) atoms. The molecule has 0 fully saturated rings. The Morgan fingerprint density at radius 1 is 1.12 bits per heavy atom. The molecule has 8 nitrogen and oxygen atoms in total. The predicted molar refractivity (Wildman–Crippen MR) is 96.7 cm³/mol. The molecule has 0 saturated heterocycles. The van der Waals surface area contributed by atoms with Crippen LogP contribution in [0.25, 0.3) is 5.95 Å². The first-order chi connectivity index (χ1) is 12.3. The molecule has 0 spiro atoms. The Kier molecular flexibility index (Phi) is 6.07. The third-order valence-corrected chi connectivity index (χ3v) is 3.77. The highest BCUT2D eigenvalue weighted by molar-refractivity contribution is 5.86. The zero-order chi connectivity index (χ0) is 19.3. The van der Waals surface area contributed by atoms with Gasteiger partial charge in [-0.25, -0.2) is 14.6 Å². The summed E-state index contributed by atoms with van der Waals surface area (Å²) in [5.74, 6) is 2.18. The summed E-state index contributed by atoms with van der Waals surface area (Å²) in [6.07, 6.45) is 5.18. The van der Waals surface area contributed by atoms with Gasteiger partial charge in [-0.1, -0.05) is 5.92 Å². The largest absolute Gasteiger partial charge is 0.347 e. The molecule has 8 heteroatoms. The molecular formula is C18H22N6O2. The molecule has 0 radical (unpaired) electrons. The first kappa shape index (κ1) is 19.1. The molecular weight excluding hydrogens is 332 g/mol. The number of carbonyl (C=O) groups is 2. The van der Waals surface area contributed by atoms with Crippen molar-refractivity contribution in [3.8, 4) is 18.3 Å². The molecule has 2 rings (SSSR count). The average molecular weight is 354 g/mol. The summed E-state index contributed by atoms with van der Waals surface area (Å²) < 4.78 is 1.64. The lowest BCUT2D eigenvalue weighted by molar-refractivity contribution is -0.125. The van der Waals surface area contributed by atoms with Crippen LogP contribution in [-0.2, 0) is 16.0 Å². The molecule has 0 unspecified atom stereocenters. The maximum Gasteiger partial charge on any atom is 0.251 e. The summed E-state index contributed by atoms with van der Waals surface area (Å²) in [4.78, 5) is 32.5. The number of aromatic nitrogens is 4. The molecule has 0 atom stereocenters. The van der Waals surface area contributed by atoms with E-state index in [9.17, 15) is 9.59 Å². The van der Waals surface area contributed by atoms with Crippen LogP contribution in [0.1, 0.15) is 28.3 Å². The van der Waals surface area contributed by atoms with E-state index in [0.29, 0.717) is 5.95 Å². The van der Waals surface area contributed by atoms with Crippen molar-refractivity contribution in [3.63, 3.8) is 0 Å². The number of nitrogens with one attached hydrogen (secondary N) is 2. The maximum atomic E-state index is 12.1. The lowest BCUT2D eigenvalue weighted by Gasteiger charge is -2.07. The van der Waals surface area contributed by atoms with Crippen molar-refractivity contribution in [1.82, 2.24) is 30.4 Å². The van der Waals surface area contributed by atoms with Crippen molar-refractivity contribution < 1.29 is 9.59 Å². The SMILES string of the molecule is C#CCNC(=O)CNC(=O)Cc1c(C)nn(-c2nc(C)cc(C)n2)c1C. The van der Waals surface area contributed by atoms with Gasteiger partial charge in [0.05, 0.1) is 25.2 Å². The highest BCUT2D eigenvalue weighted by Crippen LogP contribution is 2.17.